The van der Waals surface area contributed by atoms with E-state index in [0.29, 0.717) is 5.56 Å². The Morgan fingerprint density at radius 2 is 2.03 bits per heavy atom. The number of benzene rings is 1. The second kappa shape index (κ2) is 10.9. The molecule has 0 amide bonds. The van der Waals surface area contributed by atoms with E-state index in [1.54, 1.807) is 19.1 Å². The zero-order chi connectivity index (χ0) is 25.0. The quantitative estimate of drug-likeness (QED) is 0.283. The van der Waals surface area contributed by atoms with Crippen LogP contribution in [-0.2, 0) is 23.4 Å². The van der Waals surface area contributed by atoms with Gasteiger partial charge < -0.3 is 14.0 Å². The molecular formula is C20H22Cl2N3O8P. The zero-order valence-electron chi connectivity index (χ0n) is 18.3. The van der Waals surface area contributed by atoms with Gasteiger partial charge in [-0.3, -0.25) is 23.7 Å². The normalized spacial score (nSPS) is 20.0. The van der Waals surface area contributed by atoms with Gasteiger partial charge in [0.1, 0.15) is 17.9 Å². The van der Waals surface area contributed by atoms with Gasteiger partial charge in [0.15, 0.2) is 6.23 Å². The van der Waals surface area contributed by atoms with Crippen LogP contribution in [-0.4, -0.2) is 41.4 Å². The Kier molecular flexibility index (Phi) is 8.40. The van der Waals surface area contributed by atoms with Crippen molar-refractivity contribution < 1.29 is 27.9 Å². The van der Waals surface area contributed by atoms with Gasteiger partial charge in [-0.2, -0.15) is 5.09 Å². The van der Waals surface area contributed by atoms with Gasteiger partial charge >= 0.3 is 19.4 Å². The van der Waals surface area contributed by atoms with E-state index in [4.69, 9.17) is 37.0 Å². The van der Waals surface area contributed by atoms with E-state index in [-0.39, 0.29) is 22.4 Å². The number of aryl methyl sites for hydroxylation is 1. The Bertz CT molecular complexity index is 1260. The molecule has 0 radical (unpaired) electrons. The van der Waals surface area contributed by atoms with E-state index in [9.17, 15) is 18.9 Å². The summed E-state index contributed by atoms with van der Waals surface area (Å²) in [5, 5.41) is 2.93. The Hall–Kier alpha value is -2.40. The van der Waals surface area contributed by atoms with Gasteiger partial charge in [0.25, 0.3) is 5.56 Å². The molecule has 0 fully saturated rings. The lowest BCUT2D eigenvalue weighted by molar-refractivity contribution is -0.142. The molecule has 2 heterocycles. The minimum atomic E-state index is -4.15. The number of ether oxygens (including phenoxy) is 2. The van der Waals surface area contributed by atoms with Gasteiger partial charge in [-0.25, -0.2) is 9.36 Å². The minimum absolute atomic E-state index is 0.0818. The van der Waals surface area contributed by atoms with Crippen LogP contribution in [0.3, 0.4) is 0 Å². The summed E-state index contributed by atoms with van der Waals surface area (Å²) in [5.41, 5.74) is -0.805. The van der Waals surface area contributed by atoms with E-state index in [1.165, 1.54) is 43.0 Å². The zero-order valence-corrected chi connectivity index (χ0v) is 20.7. The summed E-state index contributed by atoms with van der Waals surface area (Å²) in [4.78, 5) is 37.7. The van der Waals surface area contributed by atoms with Gasteiger partial charge in [0.05, 0.1) is 23.8 Å². The summed E-state index contributed by atoms with van der Waals surface area (Å²) in [6, 6.07) is 3.19. The molecule has 0 spiro atoms. The minimum Gasteiger partial charge on any atom is -0.468 e. The van der Waals surface area contributed by atoms with Crippen LogP contribution in [0.4, 0.5) is 0 Å². The molecule has 0 bridgehead atoms. The fourth-order valence-electron chi connectivity index (χ4n) is 2.92. The van der Waals surface area contributed by atoms with Crippen LogP contribution >= 0.6 is 30.9 Å². The highest BCUT2D eigenvalue weighted by Gasteiger charge is 2.34. The predicted octanol–water partition coefficient (Wildman–Crippen LogP) is 2.96. The van der Waals surface area contributed by atoms with E-state index in [2.05, 4.69) is 14.8 Å². The van der Waals surface area contributed by atoms with E-state index >= 15 is 0 Å². The fourth-order valence-corrected chi connectivity index (χ4v) is 4.70. The van der Waals surface area contributed by atoms with Gasteiger partial charge in [-0.05, 0) is 32.1 Å². The van der Waals surface area contributed by atoms with Gasteiger partial charge in [0.2, 0.25) is 0 Å². The molecule has 1 aromatic carbocycles. The SMILES string of the molecule is COC(=O)C(C)NP(=O)(OCC1C=CC(n2cc(C)c(=O)[nH]c2=O)O1)Oc1ccc(Cl)c(Cl)c1. The van der Waals surface area contributed by atoms with Crippen molar-refractivity contribution in [1.82, 2.24) is 14.6 Å². The summed E-state index contributed by atoms with van der Waals surface area (Å²) in [5.74, 6) is -0.607. The van der Waals surface area contributed by atoms with Crippen LogP contribution < -0.4 is 20.9 Å². The molecule has 2 aromatic rings. The first-order valence-corrected chi connectivity index (χ1v) is 12.2. The average Bonchev–Trinajstić information content (AvgIpc) is 3.25. The number of rotatable bonds is 9. The molecule has 4 unspecified atom stereocenters. The number of H-pyrrole nitrogens is 1. The van der Waals surface area contributed by atoms with Crippen LogP contribution in [0, 0.1) is 6.92 Å². The molecule has 34 heavy (non-hydrogen) atoms. The highest BCUT2D eigenvalue weighted by atomic mass is 35.5. The average molecular weight is 534 g/mol. The highest BCUT2D eigenvalue weighted by Crippen LogP contribution is 2.46. The number of carbonyl (C=O) groups excluding carboxylic acids is 1. The summed E-state index contributed by atoms with van der Waals surface area (Å²) < 4.78 is 36.1. The lowest BCUT2D eigenvalue weighted by Crippen LogP contribution is -2.35. The fraction of sp³-hybridized carbons (Fsp3) is 0.350. The summed E-state index contributed by atoms with van der Waals surface area (Å²) in [7, 11) is -2.97. The number of aromatic nitrogens is 2. The third-order valence-corrected chi connectivity index (χ3v) is 7.04. The van der Waals surface area contributed by atoms with Gasteiger partial charge in [-0.1, -0.05) is 29.3 Å². The summed E-state index contributed by atoms with van der Waals surface area (Å²) in [6.07, 6.45) is 3.03. The lowest BCUT2D eigenvalue weighted by atomic mass is 10.3. The number of hydrogen-bond donors (Lipinski definition) is 2. The van der Waals surface area contributed by atoms with Gasteiger partial charge in [0, 0.05) is 17.8 Å². The third-order valence-electron chi connectivity index (χ3n) is 4.66. The predicted molar refractivity (Wildman–Crippen MR) is 124 cm³/mol. The molecule has 3 rings (SSSR count). The van der Waals surface area contributed by atoms with Crippen molar-refractivity contribution in [1.29, 1.82) is 0 Å². The molecule has 11 nitrogen and oxygen atoms in total. The third kappa shape index (κ3) is 6.38. The number of nitrogens with zero attached hydrogens (tertiary/aromatic N) is 1. The summed E-state index contributed by atoms with van der Waals surface area (Å²) >= 11 is 11.9. The van der Waals surface area contributed by atoms with Crippen LogP contribution in [0.2, 0.25) is 10.0 Å². The van der Waals surface area contributed by atoms with Crippen molar-refractivity contribution in [2.45, 2.75) is 32.2 Å². The van der Waals surface area contributed by atoms with Crippen molar-refractivity contribution in [2.24, 2.45) is 0 Å². The molecule has 1 aliphatic rings. The van der Waals surface area contributed by atoms with Gasteiger partial charge in [-0.15, -0.1) is 0 Å². The Labute approximate surface area is 204 Å². The molecule has 4 atom stereocenters. The molecule has 1 aromatic heterocycles. The van der Waals surface area contributed by atoms with Crippen molar-refractivity contribution >= 4 is 36.9 Å². The number of esters is 1. The smallest absolute Gasteiger partial charge is 0.459 e. The lowest BCUT2D eigenvalue weighted by Gasteiger charge is -2.24. The number of aromatic amines is 1. The number of carbonyl (C=O) groups is 1. The number of nitrogens with one attached hydrogen (secondary N) is 2. The van der Waals surface area contributed by atoms with Crippen LogP contribution in [0.1, 0.15) is 18.7 Å². The monoisotopic (exact) mass is 533 g/mol. The van der Waals surface area contributed by atoms with Crippen LogP contribution in [0.15, 0.2) is 46.1 Å². The second-order valence-corrected chi connectivity index (χ2v) is 9.77. The first-order chi connectivity index (χ1) is 16.0. The first-order valence-electron chi connectivity index (χ1n) is 9.92. The van der Waals surface area contributed by atoms with Crippen molar-refractivity contribution in [3.8, 4) is 5.75 Å². The molecule has 0 saturated heterocycles. The van der Waals surface area contributed by atoms with E-state index < -0.39 is 43.3 Å². The van der Waals surface area contributed by atoms with E-state index in [0.717, 1.165) is 0 Å². The Balaban J connectivity index is 1.73. The number of halogens is 2. The molecule has 14 heteroatoms. The topological polar surface area (TPSA) is 138 Å². The van der Waals surface area contributed by atoms with Crippen molar-refractivity contribution in [3.63, 3.8) is 0 Å². The second-order valence-electron chi connectivity index (χ2n) is 7.26. The van der Waals surface area contributed by atoms with Crippen molar-refractivity contribution in [3.05, 3.63) is 73.0 Å². The maximum absolute atomic E-state index is 13.4. The number of hydrogen-bond acceptors (Lipinski definition) is 8. The van der Waals surface area contributed by atoms with Crippen LogP contribution in [0.5, 0.6) is 5.75 Å². The molecule has 2 N–H and O–H groups in total. The molecule has 0 aliphatic carbocycles. The standard InChI is InChI=1S/C20H22Cl2N3O8P/c1-11-9-25(20(28)23-18(11)26)17-7-5-14(32-17)10-31-34(29,24-12(2)19(27)30-3)33-13-4-6-15(21)16(22)8-13/h4-9,12,14,17H,10H2,1-3H3,(H,24,29)(H,23,26,28). The maximum atomic E-state index is 13.4. The van der Waals surface area contributed by atoms with Crippen molar-refractivity contribution in [2.75, 3.05) is 13.7 Å². The first kappa shape index (κ1) is 26.2. The summed E-state index contributed by atoms with van der Waals surface area (Å²) in [6.45, 7) is 2.72. The highest BCUT2D eigenvalue weighted by molar-refractivity contribution is 7.52. The molecular weight excluding hydrogens is 512 g/mol. The Morgan fingerprint density at radius 3 is 2.71 bits per heavy atom. The maximum Gasteiger partial charge on any atom is 0.459 e. The molecule has 184 valence electrons. The van der Waals surface area contributed by atoms with E-state index in [1.807, 2.05) is 0 Å². The largest absolute Gasteiger partial charge is 0.468 e. The van der Waals surface area contributed by atoms with Crippen LogP contribution in [0.25, 0.3) is 0 Å². The molecule has 0 saturated carbocycles. The molecule has 1 aliphatic heterocycles. The number of methoxy groups -OCH3 is 1. The Morgan fingerprint density at radius 1 is 1.29 bits per heavy atom.